The molecule has 0 bridgehead atoms. The summed E-state index contributed by atoms with van der Waals surface area (Å²) in [6.45, 7) is 1.82. The minimum Gasteiger partial charge on any atom is -0.369 e. The third kappa shape index (κ3) is 2.89. The standard InChI is InChI=1S/C20H24N2O/c21-19(23)20(16-9-3-1-4-10-16,17-11-5-2-6-12-17)18-13-7-8-14-22-15-18/h1-6,9-12,18,22H,7-8,13-15H2,(H2,21,23). The fraction of sp³-hybridized carbons (Fsp3) is 0.350. The summed E-state index contributed by atoms with van der Waals surface area (Å²) in [6, 6.07) is 20.0. The Hall–Kier alpha value is -2.13. The lowest BCUT2D eigenvalue weighted by Gasteiger charge is -2.39. The van der Waals surface area contributed by atoms with Crippen LogP contribution >= 0.6 is 0 Å². The second-order valence-corrected chi connectivity index (χ2v) is 6.30. The van der Waals surface area contributed by atoms with Gasteiger partial charge in [-0.1, -0.05) is 67.1 Å². The fourth-order valence-electron chi connectivity index (χ4n) is 3.91. The number of nitrogens with two attached hydrogens (primary N) is 1. The van der Waals surface area contributed by atoms with E-state index in [0.29, 0.717) is 0 Å². The van der Waals surface area contributed by atoms with Gasteiger partial charge in [-0.25, -0.2) is 0 Å². The van der Waals surface area contributed by atoms with E-state index in [1.54, 1.807) is 0 Å². The molecule has 1 atom stereocenters. The van der Waals surface area contributed by atoms with Crippen molar-refractivity contribution in [2.75, 3.05) is 13.1 Å². The molecule has 3 rings (SSSR count). The number of rotatable bonds is 4. The van der Waals surface area contributed by atoms with Crippen LogP contribution in [0.5, 0.6) is 0 Å². The Balaban J connectivity index is 2.20. The van der Waals surface area contributed by atoms with E-state index in [9.17, 15) is 4.79 Å². The zero-order valence-electron chi connectivity index (χ0n) is 13.4. The van der Waals surface area contributed by atoms with E-state index in [1.807, 2.05) is 60.7 Å². The van der Waals surface area contributed by atoms with Gasteiger partial charge in [0.2, 0.25) is 5.91 Å². The molecule has 0 radical (unpaired) electrons. The molecule has 0 spiro atoms. The number of benzene rings is 2. The zero-order chi connectivity index (χ0) is 16.1. The molecule has 1 amide bonds. The van der Waals surface area contributed by atoms with Gasteiger partial charge >= 0.3 is 0 Å². The highest BCUT2D eigenvalue weighted by Gasteiger charge is 2.47. The van der Waals surface area contributed by atoms with Crippen molar-refractivity contribution in [1.29, 1.82) is 0 Å². The zero-order valence-corrected chi connectivity index (χ0v) is 13.4. The SMILES string of the molecule is NC(=O)C(c1ccccc1)(c1ccccc1)C1CCCCNC1. The minimum absolute atomic E-state index is 0.160. The first-order valence-electron chi connectivity index (χ1n) is 8.38. The molecule has 0 saturated carbocycles. The number of carbonyl (C=O) groups is 1. The van der Waals surface area contributed by atoms with Crippen LogP contribution < -0.4 is 11.1 Å². The molecule has 1 unspecified atom stereocenters. The number of hydrogen-bond acceptors (Lipinski definition) is 2. The Morgan fingerprint density at radius 2 is 1.52 bits per heavy atom. The van der Waals surface area contributed by atoms with E-state index < -0.39 is 5.41 Å². The van der Waals surface area contributed by atoms with Crippen LogP contribution in [0.1, 0.15) is 30.4 Å². The molecule has 0 aromatic heterocycles. The molecule has 3 heteroatoms. The number of primary amides is 1. The predicted molar refractivity (Wildman–Crippen MR) is 93.1 cm³/mol. The second kappa shape index (κ2) is 6.97. The van der Waals surface area contributed by atoms with Gasteiger partial charge in [0.25, 0.3) is 0 Å². The molecular formula is C20H24N2O. The van der Waals surface area contributed by atoms with Crippen LogP contribution in [-0.4, -0.2) is 19.0 Å². The summed E-state index contributed by atoms with van der Waals surface area (Å²) < 4.78 is 0. The molecule has 1 heterocycles. The average molecular weight is 308 g/mol. The number of amides is 1. The first-order valence-corrected chi connectivity index (χ1v) is 8.38. The summed E-state index contributed by atoms with van der Waals surface area (Å²) in [4.78, 5) is 12.8. The Labute approximate surface area is 137 Å². The van der Waals surface area contributed by atoms with Crippen LogP contribution in [0, 0.1) is 5.92 Å². The minimum atomic E-state index is -0.778. The van der Waals surface area contributed by atoms with Crippen molar-refractivity contribution in [1.82, 2.24) is 5.32 Å². The third-order valence-electron chi connectivity index (χ3n) is 5.01. The summed E-state index contributed by atoms with van der Waals surface area (Å²) in [6.07, 6.45) is 3.26. The van der Waals surface area contributed by atoms with E-state index in [1.165, 1.54) is 0 Å². The first kappa shape index (κ1) is 15.8. The van der Waals surface area contributed by atoms with E-state index in [-0.39, 0.29) is 11.8 Å². The Bertz CT molecular complexity index is 592. The highest BCUT2D eigenvalue weighted by Crippen LogP contribution is 2.42. The van der Waals surface area contributed by atoms with Crippen molar-refractivity contribution in [2.24, 2.45) is 11.7 Å². The lowest BCUT2D eigenvalue weighted by molar-refractivity contribution is -0.124. The molecule has 1 aliphatic heterocycles. The lowest BCUT2D eigenvalue weighted by Crippen LogP contribution is -2.50. The number of nitrogens with one attached hydrogen (secondary N) is 1. The summed E-state index contributed by atoms with van der Waals surface area (Å²) in [7, 11) is 0. The van der Waals surface area contributed by atoms with Crippen LogP contribution in [0.2, 0.25) is 0 Å². The topological polar surface area (TPSA) is 55.1 Å². The van der Waals surface area contributed by atoms with E-state index in [4.69, 9.17) is 5.73 Å². The molecule has 1 saturated heterocycles. The van der Waals surface area contributed by atoms with Gasteiger partial charge in [-0.2, -0.15) is 0 Å². The highest BCUT2D eigenvalue weighted by atomic mass is 16.1. The van der Waals surface area contributed by atoms with Crippen molar-refractivity contribution >= 4 is 5.91 Å². The maximum atomic E-state index is 12.8. The Kier molecular flexibility index (Phi) is 4.77. The van der Waals surface area contributed by atoms with E-state index >= 15 is 0 Å². The monoisotopic (exact) mass is 308 g/mol. The van der Waals surface area contributed by atoms with Crippen LogP contribution in [0.25, 0.3) is 0 Å². The van der Waals surface area contributed by atoms with Crippen molar-refractivity contribution < 1.29 is 4.79 Å². The maximum absolute atomic E-state index is 12.8. The fourth-order valence-corrected chi connectivity index (χ4v) is 3.91. The van der Waals surface area contributed by atoms with Gasteiger partial charge in [0.1, 0.15) is 5.41 Å². The lowest BCUT2D eigenvalue weighted by atomic mass is 9.64. The summed E-state index contributed by atoms with van der Waals surface area (Å²) >= 11 is 0. The van der Waals surface area contributed by atoms with Crippen molar-refractivity contribution in [3.05, 3.63) is 71.8 Å². The smallest absolute Gasteiger partial charge is 0.232 e. The molecule has 0 aliphatic carbocycles. The molecule has 23 heavy (non-hydrogen) atoms. The molecule has 1 aliphatic rings. The molecule has 2 aromatic carbocycles. The molecule has 3 nitrogen and oxygen atoms in total. The van der Waals surface area contributed by atoms with Gasteiger partial charge in [0.05, 0.1) is 0 Å². The van der Waals surface area contributed by atoms with Crippen molar-refractivity contribution in [2.45, 2.75) is 24.7 Å². The normalized spacial score (nSPS) is 19.0. The van der Waals surface area contributed by atoms with Gasteiger partial charge in [0, 0.05) is 0 Å². The first-order chi connectivity index (χ1) is 11.3. The summed E-state index contributed by atoms with van der Waals surface area (Å²) in [5.74, 6) is -0.101. The number of carbonyl (C=O) groups excluding carboxylic acids is 1. The van der Waals surface area contributed by atoms with Crippen molar-refractivity contribution in [3.63, 3.8) is 0 Å². The predicted octanol–water partition coefficient (Wildman–Crippen LogP) is 2.85. The van der Waals surface area contributed by atoms with Crippen LogP contribution in [0.15, 0.2) is 60.7 Å². The molecule has 1 fully saturated rings. The average Bonchev–Trinajstić information content (AvgIpc) is 2.87. The Morgan fingerprint density at radius 3 is 2.04 bits per heavy atom. The summed E-state index contributed by atoms with van der Waals surface area (Å²) in [5.41, 5.74) is 7.26. The molecule has 120 valence electrons. The highest BCUT2D eigenvalue weighted by molar-refractivity contribution is 5.91. The molecule has 3 N–H and O–H groups in total. The molecular weight excluding hydrogens is 284 g/mol. The van der Waals surface area contributed by atoms with Gasteiger partial charge in [-0.15, -0.1) is 0 Å². The van der Waals surface area contributed by atoms with Gasteiger partial charge in [-0.3, -0.25) is 4.79 Å². The van der Waals surface area contributed by atoms with Crippen LogP contribution in [0.3, 0.4) is 0 Å². The number of hydrogen-bond donors (Lipinski definition) is 2. The van der Waals surface area contributed by atoms with E-state index in [0.717, 1.165) is 43.5 Å². The quantitative estimate of drug-likeness (QED) is 0.912. The maximum Gasteiger partial charge on any atom is 0.232 e. The third-order valence-corrected chi connectivity index (χ3v) is 5.01. The van der Waals surface area contributed by atoms with Gasteiger partial charge < -0.3 is 11.1 Å². The Morgan fingerprint density at radius 1 is 0.957 bits per heavy atom. The largest absolute Gasteiger partial charge is 0.369 e. The van der Waals surface area contributed by atoms with Crippen LogP contribution in [0.4, 0.5) is 0 Å². The van der Waals surface area contributed by atoms with E-state index in [2.05, 4.69) is 5.32 Å². The van der Waals surface area contributed by atoms with Crippen LogP contribution in [-0.2, 0) is 10.2 Å². The van der Waals surface area contributed by atoms with Crippen molar-refractivity contribution in [3.8, 4) is 0 Å². The molecule has 2 aromatic rings. The van der Waals surface area contributed by atoms with Gasteiger partial charge in [0.15, 0.2) is 0 Å². The second-order valence-electron chi connectivity index (χ2n) is 6.30. The van der Waals surface area contributed by atoms with Gasteiger partial charge in [-0.05, 0) is 43.0 Å². The summed E-state index contributed by atoms with van der Waals surface area (Å²) in [5, 5.41) is 3.49.